The van der Waals surface area contributed by atoms with Gasteiger partial charge in [-0.15, -0.1) is 0 Å². The Balaban J connectivity index is 2.26. The first-order chi connectivity index (χ1) is 10.2. The Morgan fingerprint density at radius 3 is 2.68 bits per heavy atom. The van der Waals surface area contributed by atoms with Crippen LogP contribution >= 0.6 is 11.6 Å². The molecule has 11 heteroatoms. The molecule has 3 aromatic rings. The van der Waals surface area contributed by atoms with Gasteiger partial charge in [-0.25, -0.2) is 9.97 Å². The van der Waals surface area contributed by atoms with Gasteiger partial charge in [0.05, 0.1) is 11.0 Å². The number of hydrogen-bond donors (Lipinski definition) is 0. The summed E-state index contributed by atoms with van der Waals surface area (Å²) in [7, 11) is -5.85. The smallest absolute Gasteiger partial charge is 0.351 e. The molecule has 0 saturated carbocycles. The number of alkyl halides is 3. The van der Waals surface area contributed by atoms with Crippen molar-refractivity contribution in [3.8, 4) is 5.88 Å². The summed E-state index contributed by atoms with van der Waals surface area (Å²) in [4.78, 5) is 7.53. The van der Waals surface area contributed by atoms with Gasteiger partial charge >= 0.3 is 15.6 Å². The van der Waals surface area contributed by atoms with Crippen LogP contribution in [0.4, 0.5) is 13.2 Å². The fourth-order valence-corrected chi connectivity index (χ4v) is 2.39. The summed E-state index contributed by atoms with van der Waals surface area (Å²) < 4.78 is 65.0. The van der Waals surface area contributed by atoms with Crippen LogP contribution in [0.25, 0.3) is 16.7 Å². The van der Waals surface area contributed by atoms with E-state index in [1.807, 2.05) is 0 Å². The Morgan fingerprint density at radius 2 is 2.00 bits per heavy atom. The van der Waals surface area contributed by atoms with Crippen molar-refractivity contribution in [1.82, 2.24) is 14.4 Å². The number of imidazole rings is 1. The van der Waals surface area contributed by atoms with E-state index in [0.717, 1.165) is 0 Å². The number of halogens is 4. The van der Waals surface area contributed by atoms with E-state index >= 15 is 0 Å². The second kappa shape index (κ2) is 4.71. The van der Waals surface area contributed by atoms with Crippen LogP contribution in [0.15, 0.2) is 30.6 Å². The third kappa shape index (κ3) is 2.33. The first kappa shape index (κ1) is 14.9. The number of nitrogens with zero attached hydrogens (tertiary/aromatic N) is 3. The molecule has 22 heavy (non-hydrogen) atoms. The first-order valence-corrected chi connectivity index (χ1v) is 7.41. The van der Waals surface area contributed by atoms with Gasteiger partial charge in [0.15, 0.2) is 0 Å². The molecule has 0 aliphatic carbocycles. The summed E-state index contributed by atoms with van der Waals surface area (Å²) >= 11 is 5.80. The maximum Gasteiger partial charge on any atom is 0.534 e. The van der Waals surface area contributed by atoms with Gasteiger partial charge in [-0.05, 0) is 18.2 Å². The lowest BCUT2D eigenvalue weighted by molar-refractivity contribution is -0.0500. The quantitative estimate of drug-likeness (QED) is 0.524. The number of rotatable bonds is 2. The van der Waals surface area contributed by atoms with Crippen LogP contribution < -0.4 is 4.18 Å². The van der Waals surface area contributed by atoms with Crippen molar-refractivity contribution < 1.29 is 25.8 Å². The van der Waals surface area contributed by atoms with E-state index in [-0.39, 0.29) is 16.2 Å². The van der Waals surface area contributed by atoms with E-state index in [4.69, 9.17) is 11.6 Å². The predicted molar refractivity (Wildman–Crippen MR) is 71.1 cm³/mol. The zero-order valence-corrected chi connectivity index (χ0v) is 11.9. The Morgan fingerprint density at radius 1 is 1.27 bits per heavy atom. The molecule has 116 valence electrons. The molecule has 2 aromatic heterocycles. The fraction of sp³-hybridized carbons (Fsp3) is 0.0909. The molecular weight excluding hydrogens is 347 g/mol. The third-order valence-electron chi connectivity index (χ3n) is 2.72. The first-order valence-electron chi connectivity index (χ1n) is 5.62. The molecule has 0 radical (unpaired) electrons. The zero-order valence-electron chi connectivity index (χ0n) is 10.4. The topological polar surface area (TPSA) is 73.6 Å². The Labute approximate surface area is 126 Å². The highest BCUT2D eigenvalue weighted by Gasteiger charge is 2.49. The van der Waals surface area contributed by atoms with Crippen molar-refractivity contribution in [2.45, 2.75) is 5.51 Å². The molecule has 0 aliphatic heterocycles. The van der Waals surface area contributed by atoms with Gasteiger partial charge in [-0.1, -0.05) is 11.6 Å². The Hall–Kier alpha value is -2.07. The van der Waals surface area contributed by atoms with Gasteiger partial charge in [0.25, 0.3) is 5.88 Å². The average molecular weight is 352 g/mol. The second-order valence-corrected chi connectivity index (χ2v) is 6.13. The highest BCUT2D eigenvalue weighted by molar-refractivity contribution is 7.88. The van der Waals surface area contributed by atoms with E-state index in [2.05, 4.69) is 14.2 Å². The molecule has 0 aliphatic rings. The van der Waals surface area contributed by atoms with Crippen LogP contribution in [-0.4, -0.2) is 28.3 Å². The van der Waals surface area contributed by atoms with Crippen molar-refractivity contribution in [1.29, 1.82) is 0 Å². The lowest BCUT2D eigenvalue weighted by Crippen LogP contribution is -2.28. The number of benzene rings is 1. The van der Waals surface area contributed by atoms with E-state index in [1.54, 1.807) is 12.1 Å². The van der Waals surface area contributed by atoms with Gasteiger partial charge in [0, 0.05) is 17.4 Å². The van der Waals surface area contributed by atoms with E-state index < -0.39 is 21.5 Å². The minimum absolute atomic E-state index is 0.158. The van der Waals surface area contributed by atoms with Crippen LogP contribution in [-0.2, 0) is 10.1 Å². The summed E-state index contributed by atoms with van der Waals surface area (Å²) in [6, 6.07) is 4.49. The summed E-state index contributed by atoms with van der Waals surface area (Å²) in [5.41, 5.74) is -5.09. The summed E-state index contributed by atoms with van der Waals surface area (Å²) in [6.45, 7) is 0. The normalized spacial score (nSPS) is 12.9. The Kier molecular flexibility index (Phi) is 3.18. The van der Waals surface area contributed by atoms with Crippen LogP contribution in [0.3, 0.4) is 0 Å². The van der Waals surface area contributed by atoms with Crippen molar-refractivity contribution in [2.24, 2.45) is 0 Å². The predicted octanol–water partition coefficient (Wildman–Crippen LogP) is 2.76. The highest BCUT2D eigenvalue weighted by atomic mass is 35.5. The van der Waals surface area contributed by atoms with E-state index in [1.165, 1.54) is 22.9 Å². The molecule has 0 spiro atoms. The van der Waals surface area contributed by atoms with Gasteiger partial charge in [-0.3, -0.25) is 4.40 Å². The van der Waals surface area contributed by atoms with Crippen molar-refractivity contribution >= 4 is 38.4 Å². The number of hydrogen-bond acceptors (Lipinski definition) is 5. The third-order valence-corrected chi connectivity index (χ3v) is 3.90. The molecular formula is C11H5ClF3N3O3S. The average Bonchev–Trinajstić information content (AvgIpc) is 2.86. The van der Waals surface area contributed by atoms with Crippen molar-refractivity contribution in [3.63, 3.8) is 0 Å². The highest BCUT2D eigenvalue weighted by Crippen LogP contribution is 2.30. The summed E-state index contributed by atoms with van der Waals surface area (Å²) in [5.74, 6) is -0.780. The zero-order chi connectivity index (χ0) is 16.1. The lowest BCUT2D eigenvalue weighted by Gasteiger charge is -2.10. The molecule has 2 heterocycles. The van der Waals surface area contributed by atoms with Crippen molar-refractivity contribution in [2.75, 3.05) is 0 Å². The summed E-state index contributed by atoms with van der Waals surface area (Å²) in [6.07, 6.45) is 2.71. The minimum Gasteiger partial charge on any atom is -0.351 e. The maximum atomic E-state index is 12.4. The lowest BCUT2D eigenvalue weighted by atomic mass is 10.3. The molecule has 6 nitrogen and oxygen atoms in total. The monoisotopic (exact) mass is 351 g/mol. The molecule has 0 N–H and O–H groups in total. The Bertz CT molecular complexity index is 985. The molecule has 0 saturated heterocycles. The standard InChI is InChI=1S/C11H5ClF3N3O3S/c12-6-1-2-8-7(5-6)17-10(9-16-3-4-18(8)9)21-22(19,20)11(13,14)15/h1-5H. The molecule has 0 fully saturated rings. The largest absolute Gasteiger partial charge is 0.534 e. The van der Waals surface area contributed by atoms with Crippen LogP contribution in [0.1, 0.15) is 0 Å². The molecule has 3 rings (SSSR count). The van der Waals surface area contributed by atoms with Crippen LogP contribution in [0.5, 0.6) is 5.88 Å². The van der Waals surface area contributed by atoms with Gasteiger partial charge < -0.3 is 4.18 Å². The summed E-state index contributed by atoms with van der Waals surface area (Å²) in [5, 5.41) is 0.282. The maximum absolute atomic E-state index is 12.4. The molecule has 1 aromatic carbocycles. The van der Waals surface area contributed by atoms with Crippen molar-refractivity contribution in [3.05, 3.63) is 35.6 Å². The van der Waals surface area contributed by atoms with E-state index in [9.17, 15) is 21.6 Å². The van der Waals surface area contributed by atoms with Crippen LogP contribution in [0.2, 0.25) is 5.02 Å². The van der Waals surface area contributed by atoms with Gasteiger partial charge in [0.1, 0.15) is 0 Å². The minimum atomic E-state index is -5.85. The van der Waals surface area contributed by atoms with E-state index in [0.29, 0.717) is 5.52 Å². The van der Waals surface area contributed by atoms with Crippen LogP contribution in [0, 0.1) is 0 Å². The van der Waals surface area contributed by atoms with Gasteiger partial charge in [0.2, 0.25) is 5.65 Å². The molecule has 0 amide bonds. The molecule has 0 unspecified atom stereocenters. The number of aromatic nitrogens is 3. The fourth-order valence-electron chi connectivity index (χ4n) is 1.81. The second-order valence-electron chi connectivity index (χ2n) is 4.15. The number of fused-ring (bicyclic) bond motifs is 3. The van der Waals surface area contributed by atoms with Gasteiger partial charge in [-0.2, -0.15) is 21.6 Å². The molecule has 0 bridgehead atoms. The molecule has 0 atom stereocenters. The SMILES string of the molecule is O=S(=O)(Oc1nc2cc(Cl)ccc2n2ccnc12)C(F)(F)F.